The van der Waals surface area contributed by atoms with E-state index in [2.05, 4.69) is 15.6 Å². The lowest BCUT2D eigenvalue weighted by atomic mass is 10.0. The number of hydrogen-bond acceptors (Lipinski definition) is 12. The summed E-state index contributed by atoms with van der Waals surface area (Å²) < 4.78 is 52.6. The van der Waals surface area contributed by atoms with Crippen LogP contribution >= 0.6 is 0 Å². The summed E-state index contributed by atoms with van der Waals surface area (Å²) in [6.07, 6.45) is 16.4. The average Bonchev–Trinajstić information content (AvgIpc) is 3.19. The number of pyridine rings is 1. The highest BCUT2D eigenvalue weighted by Crippen LogP contribution is 2.20. The van der Waals surface area contributed by atoms with Crippen molar-refractivity contribution in [3.05, 3.63) is 53.9 Å². The van der Waals surface area contributed by atoms with Gasteiger partial charge in [-0.3, -0.25) is 19.4 Å². The Morgan fingerprint density at radius 1 is 0.569 bits per heavy atom. The fourth-order valence-corrected chi connectivity index (χ4v) is 6.87. The quantitative estimate of drug-likeness (QED) is 0.0659. The highest BCUT2D eigenvalue weighted by atomic mass is 32.2. The molecule has 326 valence electrons. The third-order valence-corrected chi connectivity index (χ3v) is 10.4. The molecular weight excluding hydrogens is 775 g/mol. The molecule has 16 nitrogen and oxygen atoms in total. The van der Waals surface area contributed by atoms with Gasteiger partial charge >= 0.3 is 11.9 Å². The number of nitrogens with zero attached hydrogens (tertiary/aromatic N) is 1. The lowest BCUT2D eigenvalue weighted by Gasteiger charge is -2.09. The van der Waals surface area contributed by atoms with Gasteiger partial charge in [-0.2, -0.15) is 0 Å². The predicted octanol–water partition coefficient (Wildman–Crippen LogP) is 4.98. The standard InChI is InChI=1S/C41H63N3O13S/c45-38(42-21-24-53-27-29-56-32-40(48)49)31-55-28-26-54-25-22-43-41(50)34-15-16-35(44-30-34)33-58(51,52)37-19-17-36(18-20-37)57-23-13-11-9-7-5-3-1-2-4-6-8-10-12-14-39(46)47/h15-20,30H,1-14,21-29,31-33H2,(H,42,45)(H,43,50)(H,46,47)(H,48,49). The van der Waals surface area contributed by atoms with Gasteiger partial charge in [-0.05, 0) is 49.2 Å². The zero-order valence-electron chi connectivity index (χ0n) is 33.7. The topological polar surface area (TPSA) is 226 Å². The van der Waals surface area contributed by atoms with Crippen molar-refractivity contribution in [2.75, 3.05) is 72.6 Å². The number of amides is 2. The maximum Gasteiger partial charge on any atom is 0.329 e. The number of ether oxygens (including phenoxy) is 5. The summed E-state index contributed by atoms with van der Waals surface area (Å²) >= 11 is 0. The molecule has 0 unspecified atom stereocenters. The molecule has 1 aromatic carbocycles. The molecule has 0 radical (unpaired) electrons. The molecule has 0 saturated carbocycles. The molecule has 17 heteroatoms. The smallest absolute Gasteiger partial charge is 0.329 e. The van der Waals surface area contributed by atoms with Crippen molar-refractivity contribution >= 4 is 33.6 Å². The van der Waals surface area contributed by atoms with Gasteiger partial charge in [0.05, 0.1) is 68.2 Å². The number of carbonyl (C=O) groups is 4. The minimum absolute atomic E-state index is 0.146. The van der Waals surface area contributed by atoms with Crippen molar-refractivity contribution in [3.8, 4) is 5.75 Å². The van der Waals surface area contributed by atoms with E-state index in [9.17, 15) is 27.6 Å². The fourth-order valence-electron chi connectivity index (χ4n) is 5.59. The van der Waals surface area contributed by atoms with E-state index in [1.54, 1.807) is 12.1 Å². The number of nitrogens with one attached hydrogen (secondary N) is 2. The Hall–Kier alpha value is -4.16. The summed E-state index contributed by atoms with van der Waals surface area (Å²) in [4.78, 5) is 49.4. The molecule has 2 aromatic rings. The normalized spacial score (nSPS) is 11.3. The minimum Gasteiger partial charge on any atom is -0.494 e. The zero-order valence-corrected chi connectivity index (χ0v) is 34.5. The molecule has 0 aliphatic heterocycles. The summed E-state index contributed by atoms with van der Waals surface area (Å²) in [6.45, 7) is 1.75. The Balaban J connectivity index is 1.49. The molecule has 0 saturated heterocycles. The first-order valence-corrected chi connectivity index (χ1v) is 21.9. The molecular formula is C41H63N3O13S. The van der Waals surface area contributed by atoms with Gasteiger partial charge in [0.1, 0.15) is 19.0 Å². The Morgan fingerprint density at radius 2 is 1.10 bits per heavy atom. The second-order valence-electron chi connectivity index (χ2n) is 13.7. The van der Waals surface area contributed by atoms with Gasteiger partial charge in [-0.25, -0.2) is 13.2 Å². The van der Waals surface area contributed by atoms with E-state index in [4.69, 9.17) is 33.9 Å². The number of hydrogen-bond donors (Lipinski definition) is 4. The van der Waals surface area contributed by atoms with Crippen molar-refractivity contribution in [3.63, 3.8) is 0 Å². The predicted molar refractivity (Wildman–Crippen MR) is 216 cm³/mol. The number of rotatable bonds is 37. The van der Waals surface area contributed by atoms with E-state index in [-0.39, 0.29) is 100 Å². The second kappa shape index (κ2) is 31.8. The molecule has 2 amide bonds. The molecule has 2 rings (SSSR count). The van der Waals surface area contributed by atoms with E-state index in [0.717, 1.165) is 32.1 Å². The van der Waals surface area contributed by atoms with Crippen LogP contribution in [0, 0.1) is 0 Å². The molecule has 0 aliphatic carbocycles. The molecule has 1 heterocycles. The van der Waals surface area contributed by atoms with Crippen LogP contribution in [0.5, 0.6) is 5.75 Å². The Kier molecular flexibility index (Phi) is 27.4. The van der Waals surface area contributed by atoms with E-state index in [1.807, 2.05) is 0 Å². The fraction of sp³-hybridized carbons (Fsp3) is 0.634. The number of aromatic nitrogens is 1. The highest BCUT2D eigenvalue weighted by Gasteiger charge is 2.17. The monoisotopic (exact) mass is 837 g/mol. The lowest BCUT2D eigenvalue weighted by molar-refractivity contribution is -0.143. The zero-order chi connectivity index (χ0) is 42.1. The third-order valence-electron chi connectivity index (χ3n) is 8.71. The number of unbranched alkanes of at least 4 members (excludes halogenated alkanes) is 12. The van der Waals surface area contributed by atoms with Crippen molar-refractivity contribution in [1.82, 2.24) is 15.6 Å². The van der Waals surface area contributed by atoms with Gasteiger partial charge in [-0.1, -0.05) is 70.6 Å². The number of carboxylic acids is 2. The van der Waals surface area contributed by atoms with Crippen LogP contribution in [0.3, 0.4) is 0 Å². The highest BCUT2D eigenvalue weighted by molar-refractivity contribution is 7.90. The molecule has 58 heavy (non-hydrogen) atoms. The molecule has 0 spiro atoms. The average molecular weight is 838 g/mol. The Labute approximate surface area is 342 Å². The van der Waals surface area contributed by atoms with Crippen LogP contribution in [0.4, 0.5) is 0 Å². The van der Waals surface area contributed by atoms with Crippen molar-refractivity contribution in [2.24, 2.45) is 0 Å². The van der Waals surface area contributed by atoms with Gasteiger partial charge in [0.2, 0.25) is 5.91 Å². The van der Waals surface area contributed by atoms with Crippen LogP contribution in [0.2, 0.25) is 0 Å². The van der Waals surface area contributed by atoms with Gasteiger partial charge in [0.25, 0.3) is 5.91 Å². The van der Waals surface area contributed by atoms with E-state index in [1.165, 1.54) is 81.8 Å². The molecule has 0 fully saturated rings. The summed E-state index contributed by atoms with van der Waals surface area (Å²) in [5.74, 6) is -2.16. The van der Waals surface area contributed by atoms with Crippen molar-refractivity contribution in [1.29, 1.82) is 0 Å². The number of carbonyl (C=O) groups excluding carboxylic acids is 2. The first kappa shape index (κ1) is 50.0. The Bertz CT molecular complexity index is 1540. The first-order valence-electron chi connectivity index (χ1n) is 20.3. The number of carboxylic acid groups (broad SMARTS) is 2. The maximum atomic E-state index is 13.0. The summed E-state index contributed by atoms with van der Waals surface area (Å²) in [7, 11) is -3.67. The third kappa shape index (κ3) is 26.0. The summed E-state index contributed by atoms with van der Waals surface area (Å²) in [5.41, 5.74) is 0.587. The molecule has 0 atom stereocenters. The van der Waals surface area contributed by atoms with Gasteiger partial charge in [-0.15, -0.1) is 0 Å². The van der Waals surface area contributed by atoms with Gasteiger partial charge in [0, 0.05) is 25.7 Å². The van der Waals surface area contributed by atoms with Crippen LogP contribution in [0.1, 0.15) is 106 Å². The molecule has 4 N–H and O–H groups in total. The molecule has 0 aliphatic rings. The van der Waals surface area contributed by atoms with Gasteiger partial charge in [0.15, 0.2) is 9.84 Å². The number of sulfone groups is 1. The minimum atomic E-state index is -3.67. The molecule has 1 aromatic heterocycles. The lowest BCUT2D eigenvalue weighted by Crippen LogP contribution is -2.31. The van der Waals surface area contributed by atoms with E-state index in [0.29, 0.717) is 18.1 Å². The number of aliphatic carboxylic acids is 2. The summed E-state index contributed by atoms with van der Waals surface area (Å²) in [5, 5.41) is 22.4. The van der Waals surface area contributed by atoms with Crippen LogP contribution in [0.15, 0.2) is 47.5 Å². The van der Waals surface area contributed by atoms with Crippen LogP contribution in [-0.2, 0) is 48.9 Å². The van der Waals surface area contributed by atoms with Crippen LogP contribution in [0.25, 0.3) is 0 Å². The van der Waals surface area contributed by atoms with Crippen LogP contribution in [-0.4, -0.2) is 120 Å². The first-order chi connectivity index (χ1) is 28.1. The largest absolute Gasteiger partial charge is 0.494 e. The summed E-state index contributed by atoms with van der Waals surface area (Å²) in [6, 6.07) is 9.42. The SMILES string of the molecule is O=C(O)CCCCCCCCCCCCCCCOc1ccc(S(=O)(=O)Cc2ccc(C(=O)NCCOCCOCC(=O)NCCOCCOCC(=O)O)cn2)cc1. The van der Waals surface area contributed by atoms with Gasteiger partial charge < -0.3 is 44.5 Å². The van der Waals surface area contributed by atoms with E-state index < -0.39 is 21.8 Å². The Morgan fingerprint density at radius 3 is 1.66 bits per heavy atom. The number of benzene rings is 1. The molecule has 0 bridgehead atoms. The van der Waals surface area contributed by atoms with Crippen LogP contribution < -0.4 is 15.4 Å². The van der Waals surface area contributed by atoms with Crippen molar-refractivity contribution < 1.29 is 61.5 Å². The van der Waals surface area contributed by atoms with E-state index >= 15 is 0 Å². The maximum absolute atomic E-state index is 13.0. The van der Waals surface area contributed by atoms with Crippen molar-refractivity contribution in [2.45, 2.75) is 101 Å². The second-order valence-corrected chi connectivity index (χ2v) is 15.7.